The zero-order chi connectivity index (χ0) is 23.0. The molecule has 1 unspecified atom stereocenters. The molecule has 0 saturated carbocycles. The van der Waals surface area contributed by atoms with Gasteiger partial charge in [0.25, 0.3) is 0 Å². The number of nitriles is 1. The normalized spacial score (nSPS) is 27.9. The van der Waals surface area contributed by atoms with Crippen LogP contribution in [0.15, 0.2) is 24.3 Å². The number of carbonyl (C=O) groups is 2. The first-order valence-electron chi connectivity index (χ1n) is 10.8. The van der Waals surface area contributed by atoms with Crippen molar-refractivity contribution < 1.29 is 18.4 Å². The Morgan fingerprint density at radius 3 is 2.75 bits per heavy atom. The molecule has 3 aliphatic heterocycles. The molecule has 2 amide bonds. The Bertz CT molecular complexity index is 951. The van der Waals surface area contributed by atoms with Gasteiger partial charge in [-0.05, 0) is 43.9 Å². The monoisotopic (exact) mass is 459 g/mol. The molecule has 3 N–H and O–H groups in total. The maximum absolute atomic E-state index is 13.1. The van der Waals surface area contributed by atoms with E-state index in [4.69, 9.17) is 5.73 Å². The van der Waals surface area contributed by atoms with E-state index in [-0.39, 0.29) is 29.9 Å². The third-order valence-corrected chi connectivity index (χ3v) is 7.16. The predicted molar refractivity (Wildman–Crippen MR) is 116 cm³/mol. The Balaban J connectivity index is 1.37. The molecule has 2 bridgehead atoms. The topological polar surface area (TPSA) is 146 Å². The van der Waals surface area contributed by atoms with Crippen molar-refractivity contribution in [3.8, 4) is 6.07 Å². The Hall–Kier alpha value is -2.52. The van der Waals surface area contributed by atoms with Crippen LogP contribution in [0.25, 0.3) is 0 Å². The number of amides is 2. The molecule has 172 valence electrons. The summed E-state index contributed by atoms with van der Waals surface area (Å²) in [6.07, 6.45) is 2.19. The number of rotatable bonds is 7. The number of hydrogen-bond donors (Lipinski definition) is 2. The number of nitrogens with two attached hydrogens (primary N) is 1. The van der Waals surface area contributed by atoms with Crippen LogP contribution in [0.3, 0.4) is 0 Å². The van der Waals surface area contributed by atoms with Crippen molar-refractivity contribution in [3.63, 3.8) is 0 Å². The maximum Gasteiger partial charge on any atom is 0.241 e. The molecule has 0 radical (unpaired) electrons. The van der Waals surface area contributed by atoms with Crippen LogP contribution >= 0.6 is 0 Å². The molecule has 10 nitrogen and oxygen atoms in total. The van der Waals surface area contributed by atoms with Crippen LogP contribution in [0.2, 0.25) is 0 Å². The van der Waals surface area contributed by atoms with Gasteiger partial charge in [0, 0.05) is 42.6 Å². The van der Waals surface area contributed by atoms with Crippen molar-refractivity contribution >= 4 is 28.8 Å². The molecule has 11 heteroatoms. The van der Waals surface area contributed by atoms with Crippen molar-refractivity contribution in [1.29, 1.82) is 5.26 Å². The number of nitrogens with one attached hydrogen (secondary N) is 1. The Morgan fingerprint density at radius 1 is 1.41 bits per heavy atom. The van der Waals surface area contributed by atoms with E-state index in [2.05, 4.69) is 10.8 Å². The Morgan fingerprint density at radius 2 is 2.12 bits per heavy atom. The average Bonchev–Trinajstić information content (AvgIpc) is 3.47. The second-order valence-corrected chi connectivity index (χ2v) is 9.34. The third kappa shape index (κ3) is 4.23. The molecule has 0 aliphatic carbocycles. The summed E-state index contributed by atoms with van der Waals surface area (Å²) in [6, 6.07) is 7.56. The summed E-state index contributed by atoms with van der Waals surface area (Å²) in [4.78, 5) is 31.3. The first kappa shape index (κ1) is 22.7. The largest absolute Gasteiger partial charge is 0.755 e. The first-order valence-corrected chi connectivity index (χ1v) is 11.9. The summed E-state index contributed by atoms with van der Waals surface area (Å²) >= 11 is -2.38. The van der Waals surface area contributed by atoms with Gasteiger partial charge in [-0.2, -0.15) is 5.26 Å². The minimum atomic E-state index is -2.38. The standard InChI is InChI=1S/C21H28N6O4S/c1-13(14-4-6-15(7-5-14)24-32(30)31)27-17-9-19(21(27)29)25(11-17)12-18(23)20(28)26-8-2-3-16(26)10-22/h4-7,13,16-19,24H,2-3,8-9,11-12,23H2,1H3,(H,30,31)/p-1/t13-,16+,17-,18+,19-/m1/s1. The fourth-order valence-corrected chi connectivity index (χ4v) is 5.52. The number of hydrogen-bond acceptors (Lipinski definition) is 7. The Labute approximate surface area is 189 Å². The average molecular weight is 460 g/mol. The quantitative estimate of drug-likeness (QED) is 0.549. The molecule has 3 aliphatic rings. The van der Waals surface area contributed by atoms with Gasteiger partial charge in [-0.1, -0.05) is 12.1 Å². The second-order valence-electron chi connectivity index (χ2n) is 8.66. The van der Waals surface area contributed by atoms with E-state index < -0.39 is 23.4 Å². The summed E-state index contributed by atoms with van der Waals surface area (Å²) in [7, 11) is 0. The molecule has 6 atom stereocenters. The first-order chi connectivity index (χ1) is 15.3. The summed E-state index contributed by atoms with van der Waals surface area (Å²) < 4.78 is 23.8. The number of nitrogens with zero attached hydrogens (tertiary/aromatic N) is 4. The molecular formula is C21H27N6O4S-. The van der Waals surface area contributed by atoms with Crippen LogP contribution in [-0.2, 0) is 20.9 Å². The number of benzene rings is 1. The lowest BCUT2D eigenvalue weighted by atomic mass is 10.0. The minimum Gasteiger partial charge on any atom is -0.755 e. The van der Waals surface area contributed by atoms with Crippen molar-refractivity contribution in [2.45, 2.75) is 56.4 Å². The molecule has 3 saturated heterocycles. The van der Waals surface area contributed by atoms with Crippen molar-refractivity contribution in [2.75, 3.05) is 24.4 Å². The second kappa shape index (κ2) is 9.15. The zero-order valence-electron chi connectivity index (χ0n) is 17.8. The summed E-state index contributed by atoms with van der Waals surface area (Å²) in [5.41, 5.74) is 7.57. The molecule has 4 rings (SSSR count). The van der Waals surface area contributed by atoms with E-state index in [0.717, 1.165) is 12.0 Å². The Kier molecular flexibility index (Phi) is 6.48. The molecule has 0 aromatic heterocycles. The fraction of sp³-hybridized carbons (Fsp3) is 0.571. The number of anilines is 1. The lowest BCUT2D eigenvalue weighted by molar-refractivity contribution is -0.140. The summed E-state index contributed by atoms with van der Waals surface area (Å²) in [5.74, 6) is -0.199. The van der Waals surface area contributed by atoms with Crippen molar-refractivity contribution in [1.82, 2.24) is 14.7 Å². The maximum atomic E-state index is 13.1. The highest BCUT2D eigenvalue weighted by molar-refractivity contribution is 7.80. The van der Waals surface area contributed by atoms with E-state index in [1.165, 1.54) is 0 Å². The summed E-state index contributed by atoms with van der Waals surface area (Å²) in [5, 5.41) is 9.22. The van der Waals surface area contributed by atoms with E-state index in [1.807, 2.05) is 28.9 Å². The van der Waals surface area contributed by atoms with Gasteiger partial charge in [0.2, 0.25) is 11.8 Å². The molecule has 3 fully saturated rings. The number of piperazine rings is 1. The molecule has 0 spiro atoms. The molecule has 1 aromatic carbocycles. The number of likely N-dealkylation sites (tertiary alicyclic amines) is 3. The van der Waals surface area contributed by atoms with Crippen LogP contribution < -0.4 is 10.5 Å². The smallest absolute Gasteiger partial charge is 0.241 e. The highest BCUT2D eigenvalue weighted by atomic mass is 32.2. The molecule has 1 aromatic rings. The van der Waals surface area contributed by atoms with Gasteiger partial charge in [-0.15, -0.1) is 0 Å². The third-order valence-electron chi connectivity index (χ3n) is 6.76. The number of fused-ring (bicyclic) bond motifs is 2. The van der Waals surface area contributed by atoms with E-state index in [0.29, 0.717) is 38.2 Å². The van der Waals surface area contributed by atoms with Gasteiger partial charge in [0.15, 0.2) is 0 Å². The predicted octanol–water partition coefficient (Wildman–Crippen LogP) is 0.0806. The fourth-order valence-electron chi connectivity index (χ4n) is 5.19. The lowest BCUT2D eigenvalue weighted by Gasteiger charge is -2.38. The van der Waals surface area contributed by atoms with E-state index in [9.17, 15) is 23.6 Å². The lowest BCUT2D eigenvalue weighted by Crippen LogP contribution is -2.56. The minimum absolute atomic E-state index is 0.0207. The highest BCUT2D eigenvalue weighted by Gasteiger charge is 2.51. The summed E-state index contributed by atoms with van der Waals surface area (Å²) in [6.45, 7) is 3.47. The van der Waals surface area contributed by atoms with Crippen molar-refractivity contribution in [2.24, 2.45) is 5.73 Å². The molecule has 3 heterocycles. The van der Waals surface area contributed by atoms with E-state index in [1.54, 1.807) is 17.0 Å². The number of carbonyl (C=O) groups excluding carboxylic acids is 2. The van der Waals surface area contributed by atoms with Crippen LogP contribution in [0.4, 0.5) is 5.69 Å². The van der Waals surface area contributed by atoms with E-state index >= 15 is 0 Å². The van der Waals surface area contributed by atoms with Crippen LogP contribution in [0.5, 0.6) is 0 Å². The van der Waals surface area contributed by atoms with Crippen LogP contribution in [-0.4, -0.2) is 79.1 Å². The van der Waals surface area contributed by atoms with Gasteiger partial charge >= 0.3 is 0 Å². The molecular weight excluding hydrogens is 432 g/mol. The van der Waals surface area contributed by atoms with Crippen LogP contribution in [0, 0.1) is 11.3 Å². The van der Waals surface area contributed by atoms with Crippen molar-refractivity contribution in [3.05, 3.63) is 29.8 Å². The van der Waals surface area contributed by atoms with Gasteiger partial charge < -0.3 is 24.8 Å². The van der Waals surface area contributed by atoms with Gasteiger partial charge in [0.1, 0.15) is 6.04 Å². The van der Waals surface area contributed by atoms with Gasteiger partial charge in [-0.3, -0.25) is 18.7 Å². The van der Waals surface area contributed by atoms with Crippen LogP contribution in [0.1, 0.15) is 37.8 Å². The highest BCUT2D eigenvalue weighted by Crippen LogP contribution is 2.38. The van der Waals surface area contributed by atoms with Gasteiger partial charge in [-0.25, -0.2) is 0 Å². The SMILES string of the molecule is C[C@H](c1ccc(NS(=O)[O-])cc1)N1C(=O)[C@H]2C[C@@H]1CN2C[C@H](N)C(=O)N1CCC[C@H]1C#N. The zero-order valence-corrected chi connectivity index (χ0v) is 18.7. The molecule has 32 heavy (non-hydrogen) atoms. The van der Waals surface area contributed by atoms with Gasteiger partial charge in [0.05, 0.1) is 24.2 Å².